The molecule has 0 aromatic heterocycles. The molecule has 0 unspecified atom stereocenters. The highest BCUT2D eigenvalue weighted by molar-refractivity contribution is 5.12. The summed E-state index contributed by atoms with van der Waals surface area (Å²) in [6.45, 7) is 3.92. The Morgan fingerprint density at radius 3 is 2.00 bits per heavy atom. The van der Waals surface area contributed by atoms with Crippen LogP contribution in [0.4, 0.5) is 0 Å². The van der Waals surface area contributed by atoms with Crippen LogP contribution in [0.3, 0.4) is 0 Å². The van der Waals surface area contributed by atoms with Gasteiger partial charge >= 0.3 is 0 Å². The van der Waals surface area contributed by atoms with Crippen LogP contribution < -0.4 is 5.73 Å². The van der Waals surface area contributed by atoms with Crippen molar-refractivity contribution < 1.29 is 0 Å². The van der Waals surface area contributed by atoms with E-state index in [4.69, 9.17) is 5.73 Å². The molecule has 58 valence electrons. The van der Waals surface area contributed by atoms with Crippen molar-refractivity contribution in [2.45, 2.75) is 13.8 Å². The number of nitrogens with zero attached hydrogens (tertiary/aromatic N) is 1. The van der Waals surface area contributed by atoms with Gasteiger partial charge in [0.2, 0.25) is 0 Å². The zero-order valence-electron chi connectivity index (χ0n) is 7.18. The third-order valence-electron chi connectivity index (χ3n) is 1.29. The predicted octanol–water partition coefficient (Wildman–Crippen LogP) is 1.31. The number of allylic oxidation sites excluding steroid dienone is 4. The Morgan fingerprint density at radius 2 is 1.70 bits per heavy atom. The fourth-order valence-electron chi connectivity index (χ4n) is 0.401. The van der Waals surface area contributed by atoms with E-state index in [2.05, 4.69) is 0 Å². The van der Waals surface area contributed by atoms with Crippen molar-refractivity contribution in [2.75, 3.05) is 14.1 Å². The maximum Gasteiger partial charge on any atom is 0.00964 e. The fraction of sp³-hybridized carbons (Fsp3) is 0.500. The molecular formula is C8H16N2. The molecule has 0 aliphatic rings. The van der Waals surface area contributed by atoms with E-state index in [-0.39, 0.29) is 0 Å². The van der Waals surface area contributed by atoms with Crippen LogP contribution in [0.15, 0.2) is 23.5 Å². The molecule has 0 saturated heterocycles. The lowest BCUT2D eigenvalue weighted by Gasteiger charge is -2.10. The van der Waals surface area contributed by atoms with Crippen molar-refractivity contribution >= 4 is 0 Å². The number of rotatable bonds is 2. The van der Waals surface area contributed by atoms with E-state index in [0.29, 0.717) is 0 Å². The molecule has 0 spiro atoms. The van der Waals surface area contributed by atoms with Gasteiger partial charge in [-0.15, -0.1) is 0 Å². The number of hydrogen-bond donors (Lipinski definition) is 1. The molecule has 0 radical (unpaired) electrons. The van der Waals surface area contributed by atoms with Crippen LogP contribution in [-0.4, -0.2) is 19.0 Å². The minimum absolute atomic E-state index is 0.834. The third kappa shape index (κ3) is 4.01. The molecule has 0 saturated carbocycles. The van der Waals surface area contributed by atoms with Gasteiger partial charge in [0, 0.05) is 25.5 Å². The molecule has 10 heavy (non-hydrogen) atoms. The lowest BCUT2D eigenvalue weighted by Crippen LogP contribution is -2.07. The van der Waals surface area contributed by atoms with Crippen molar-refractivity contribution in [3.05, 3.63) is 23.5 Å². The normalized spacial score (nSPS) is 13.6. The molecule has 0 amide bonds. The average Bonchev–Trinajstić information content (AvgIpc) is 1.82. The number of hydrogen-bond acceptors (Lipinski definition) is 2. The summed E-state index contributed by atoms with van der Waals surface area (Å²) < 4.78 is 0. The van der Waals surface area contributed by atoms with Crippen molar-refractivity contribution in [3.63, 3.8) is 0 Å². The summed E-state index contributed by atoms with van der Waals surface area (Å²) in [5.41, 5.74) is 7.47. The second-order valence-electron chi connectivity index (χ2n) is 2.61. The van der Waals surface area contributed by atoms with Gasteiger partial charge in [-0.1, -0.05) is 0 Å². The van der Waals surface area contributed by atoms with Crippen molar-refractivity contribution in [1.82, 2.24) is 4.90 Å². The monoisotopic (exact) mass is 140 g/mol. The molecular weight excluding hydrogens is 124 g/mol. The van der Waals surface area contributed by atoms with Crippen LogP contribution >= 0.6 is 0 Å². The van der Waals surface area contributed by atoms with Crippen LogP contribution in [0.25, 0.3) is 0 Å². The molecule has 0 atom stereocenters. The van der Waals surface area contributed by atoms with E-state index in [1.54, 1.807) is 0 Å². The molecule has 0 rings (SSSR count). The smallest absolute Gasteiger partial charge is 0.00964 e. The molecule has 0 heterocycles. The maximum atomic E-state index is 5.44. The minimum atomic E-state index is 0.834. The molecule has 0 aliphatic heterocycles. The molecule has 0 aromatic carbocycles. The summed E-state index contributed by atoms with van der Waals surface area (Å²) in [6.07, 6.45) is 3.89. The van der Waals surface area contributed by atoms with Crippen LogP contribution in [0, 0.1) is 0 Å². The lowest BCUT2D eigenvalue weighted by molar-refractivity contribution is 0.514. The van der Waals surface area contributed by atoms with Crippen LogP contribution in [-0.2, 0) is 0 Å². The SMILES string of the molecule is C/C(N)=C\C=C(/C)N(C)C. The Hall–Kier alpha value is -0.920. The van der Waals surface area contributed by atoms with E-state index in [1.165, 1.54) is 5.70 Å². The average molecular weight is 140 g/mol. The minimum Gasteiger partial charge on any atom is -0.402 e. The van der Waals surface area contributed by atoms with Crippen molar-refractivity contribution in [3.8, 4) is 0 Å². The molecule has 2 N–H and O–H groups in total. The van der Waals surface area contributed by atoms with Gasteiger partial charge in [0.15, 0.2) is 0 Å². The summed E-state index contributed by atoms with van der Waals surface area (Å²) in [6, 6.07) is 0. The summed E-state index contributed by atoms with van der Waals surface area (Å²) in [7, 11) is 4.01. The van der Waals surface area contributed by atoms with E-state index in [0.717, 1.165) is 5.70 Å². The second-order valence-corrected chi connectivity index (χ2v) is 2.61. The van der Waals surface area contributed by atoms with E-state index >= 15 is 0 Å². The highest BCUT2D eigenvalue weighted by Crippen LogP contribution is 1.96. The Balaban J connectivity index is 4.05. The standard InChI is InChI=1S/C8H16N2/c1-7(9)5-6-8(2)10(3)4/h5-6H,9H2,1-4H3/b7-5+,8-6+. The first-order valence-electron chi connectivity index (χ1n) is 3.32. The van der Waals surface area contributed by atoms with Crippen molar-refractivity contribution in [2.24, 2.45) is 5.73 Å². The predicted molar refractivity (Wildman–Crippen MR) is 45.4 cm³/mol. The zero-order chi connectivity index (χ0) is 8.15. The van der Waals surface area contributed by atoms with Gasteiger partial charge in [0.1, 0.15) is 0 Å². The first-order chi connectivity index (χ1) is 4.54. The Kier molecular flexibility index (Phi) is 3.62. The summed E-state index contributed by atoms with van der Waals surface area (Å²) >= 11 is 0. The highest BCUT2D eigenvalue weighted by Gasteiger charge is 1.86. The van der Waals surface area contributed by atoms with Crippen LogP contribution in [0.2, 0.25) is 0 Å². The molecule has 0 bridgehead atoms. The Bertz CT molecular complexity index is 151. The molecule has 0 aliphatic carbocycles. The lowest BCUT2D eigenvalue weighted by atomic mass is 10.3. The molecule has 2 heteroatoms. The highest BCUT2D eigenvalue weighted by atomic mass is 15.1. The second kappa shape index (κ2) is 3.99. The van der Waals surface area contributed by atoms with E-state index in [9.17, 15) is 0 Å². The van der Waals surface area contributed by atoms with Crippen molar-refractivity contribution in [1.29, 1.82) is 0 Å². The van der Waals surface area contributed by atoms with E-state index < -0.39 is 0 Å². The van der Waals surface area contributed by atoms with Gasteiger partial charge in [-0.2, -0.15) is 0 Å². The first kappa shape index (κ1) is 9.08. The zero-order valence-corrected chi connectivity index (χ0v) is 7.18. The summed E-state index contributed by atoms with van der Waals surface area (Å²) in [4.78, 5) is 2.04. The van der Waals surface area contributed by atoms with Crippen LogP contribution in [0.1, 0.15) is 13.8 Å². The van der Waals surface area contributed by atoms with Gasteiger partial charge in [-0.3, -0.25) is 0 Å². The Morgan fingerprint density at radius 1 is 1.20 bits per heavy atom. The fourth-order valence-corrected chi connectivity index (χ4v) is 0.401. The molecule has 0 aromatic rings. The third-order valence-corrected chi connectivity index (χ3v) is 1.29. The molecule has 0 fully saturated rings. The van der Waals surface area contributed by atoms with Gasteiger partial charge in [-0.05, 0) is 26.0 Å². The maximum absolute atomic E-state index is 5.44. The van der Waals surface area contributed by atoms with E-state index in [1.807, 2.05) is 45.0 Å². The van der Waals surface area contributed by atoms with Gasteiger partial charge in [0.05, 0.1) is 0 Å². The number of nitrogens with two attached hydrogens (primary N) is 1. The summed E-state index contributed by atoms with van der Waals surface area (Å²) in [5, 5.41) is 0. The van der Waals surface area contributed by atoms with Gasteiger partial charge in [-0.25, -0.2) is 0 Å². The van der Waals surface area contributed by atoms with Crippen LogP contribution in [0.5, 0.6) is 0 Å². The molecule has 2 nitrogen and oxygen atoms in total. The Labute approximate surface area is 63.0 Å². The summed E-state index contributed by atoms with van der Waals surface area (Å²) in [5.74, 6) is 0. The quantitative estimate of drug-likeness (QED) is 0.586. The van der Waals surface area contributed by atoms with Gasteiger partial charge < -0.3 is 10.6 Å². The first-order valence-corrected chi connectivity index (χ1v) is 3.32. The van der Waals surface area contributed by atoms with Gasteiger partial charge in [0.25, 0.3) is 0 Å². The topological polar surface area (TPSA) is 29.3 Å². The largest absolute Gasteiger partial charge is 0.402 e.